The zero-order valence-electron chi connectivity index (χ0n) is 10.7. The first-order valence-electron chi connectivity index (χ1n) is 5.50. The van der Waals surface area contributed by atoms with Gasteiger partial charge in [0.15, 0.2) is 19.7 Å². The standard InChI is InChI=1S/C11H16FNO4S2/c1-18(14,15)10-7-8(4-3-5-13)6-9(12)11(10)19(2,16)17/h6-7H,3-5,13H2,1-2H3. The first-order chi connectivity index (χ1) is 8.57. The molecule has 0 heterocycles. The van der Waals surface area contributed by atoms with E-state index in [1.165, 1.54) is 6.07 Å². The van der Waals surface area contributed by atoms with Crippen LogP contribution >= 0.6 is 0 Å². The fourth-order valence-electron chi connectivity index (χ4n) is 1.71. The molecule has 1 aromatic rings. The minimum absolute atomic E-state index is 0.379. The number of nitrogens with two attached hydrogens (primary N) is 1. The van der Waals surface area contributed by atoms with Gasteiger partial charge in [-0.3, -0.25) is 0 Å². The van der Waals surface area contributed by atoms with Crippen molar-refractivity contribution in [2.24, 2.45) is 5.73 Å². The number of sulfone groups is 2. The lowest BCUT2D eigenvalue weighted by molar-refractivity contribution is 0.552. The molecule has 8 heteroatoms. The number of halogens is 1. The van der Waals surface area contributed by atoms with Gasteiger partial charge in [0.1, 0.15) is 10.7 Å². The van der Waals surface area contributed by atoms with E-state index in [0.717, 1.165) is 18.6 Å². The largest absolute Gasteiger partial charge is 0.330 e. The SMILES string of the molecule is CS(=O)(=O)c1cc(CCCN)cc(F)c1S(C)(=O)=O. The third-order valence-electron chi connectivity index (χ3n) is 2.51. The molecule has 0 aromatic heterocycles. The molecule has 2 N–H and O–H groups in total. The van der Waals surface area contributed by atoms with E-state index in [1.807, 2.05) is 0 Å². The van der Waals surface area contributed by atoms with Gasteiger partial charge in [-0.25, -0.2) is 21.2 Å². The summed E-state index contributed by atoms with van der Waals surface area (Å²) in [6.07, 6.45) is 2.57. The van der Waals surface area contributed by atoms with Gasteiger partial charge in [-0.15, -0.1) is 0 Å². The van der Waals surface area contributed by atoms with Crippen molar-refractivity contribution in [3.05, 3.63) is 23.5 Å². The average molecular weight is 309 g/mol. The zero-order chi connectivity index (χ0) is 14.8. The molecule has 0 saturated heterocycles. The molecule has 5 nitrogen and oxygen atoms in total. The molecule has 0 aliphatic rings. The van der Waals surface area contributed by atoms with E-state index in [0.29, 0.717) is 24.9 Å². The summed E-state index contributed by atoms with van der Waals surface area (Å²) in [5, 5.41) is 0. The van der Waals surface area contributed by atoms with Crippen molar-refractivity contribution in [3.63, 3.8) is 0 Å². The van der Waals surface area contributed by atoms with Crippen molar-refractivity contribution in [1.82, 2.24) is 0 Å². The Morgan fingerprint density at radius 1 is 1.11 bits per heavy atom. The van der Waals surface area contributed by atoms with E-state index >= 15 is 0 Å². The second-order valence-electron chi connectivity index (χ2n) is 4.34. The van der Waals surface area contributed by atoms with Crippen LogP contribution in [-0.4, -0.2) is 35.9 Å². The number of aryl methyl sites for hydroxylation is 1. The maximum absolute atomic E-state index is 13.9. The summed E-state index contributed by atoms with van der Waals surface area (Å²) in [4.78, 5) is -1.27. The van der Waals surface area contributed by atoms with Crippen LogP contribution in [0, 0.1) is 5.82 Å². The quantitative estimate of drug-likeness (QED) is 0.856. The van der Waals surface area contributed by atoms with E-state index in [2.05, 4.69) is 0 Å². The third kappa shape index (κ3) is 3.99. The van der Waals surface area contributed by atoms with Crippen LogP contribution in [0.4, 0.5) is 4.39 Å². The highest BCUT2D eigenvalue weighted by atomic mass is 32.2. The van der Waals surface area contributed by atoms with Crippen molar-refractivity contribution in [2.45, 2.75) is 22.6 Å². The summed E-state index contributed by atoms with van der Waals surface area (Å²) in [6.45, 7) is 0.379. The highest BCUT2D eigenvalue weighted by Gasteiger charge is 2.25. The van der Waals surface area contributed by atoms with Crippen molar-refractivity contribution in [3.8, 4) is 0 Å². The molecule has 0 bridgehead atoms. The summed E-state index contributed by atoms with van der Waals surface area (Å²) in [6, 6.07) is 2.24. The van der Waals surface area contributed by atoms with Gasteiger partial charge in [-0.2, -0.15) is 0 Å². The van der Waals surface area contributed by atoms with Gasteiger partial charge in [0.05, 0.1) is 4.90 Å². The van der Waals surface area contributed by atoms with Gasteiger partial charge in [0, 0.05) is 12.5 Å². The number of rotatable bonds is 5. The molecule has 0 atom stereocenters. The molecule has 0 aliphatic carbocycles. The smallest absolute Gasteiger partial charge is 0.179 e. The third-order valence-corrected chi connectivity index (χ3v) is 4.92. The van der Waals surface area contributed by atoms with Gasteiger partial charge in [-0.05, 0) is 37.1 Å². The zero-order valence-corrected chi connectivity index (χ0v) is 12.3. The van der Waals surface area contributed by atoms with Crippen LogP contribution in [0.25, 0.3) is 0 Å². The maximum atomic E-state index is 13.9. The lowest BCUT2D eigenvalue weighted by Crippen LogP contribution is -2.11. The second-order valence-corrected chi connectivity index (χ2v) is 8.28. The fourth-order valence-corrected chi connectivity index (χ4v) is 4.25. The number of hydrogen-bond donors (Lipinski definition) is 1. The topological polar surface area (TPSA) is 94.3 Å². The highest BCUT2D eigenvalue weighted by molar-refractivity contribution is 7.93. The van der Waals surface area contributed by atoms with Crippen LogP contribution in [-0.2, 0) is 26.1 Å². The molecule has 0 unspecified atom stereocenters. The molecule has 0 fully saturated rings. The predicted molar refractivity (Wildman–Crippen MR) is 70.0 cm³/mol. The van der Waals surface area contributed by atoms with Crippen LogP contribution < -0.4 is 5.73 Å². The minimum atomic E-state index is -3.96. The molecule has 0 aliphatic heterocycles. The van der Waals surface area contributed by atoms with Crippen LogP contribution in [0.15, 0.2) is 21.9 Å². The summed E-state index contributed by atoms with van der Waals surface area (Å²) in [7, 11) is -7.80. The lowest BCUT2D eigenvalue weighted by atomic mass is 10.1. The molecule has 19 heavy (non-hydrogen) atoms. The van der Waals surface area contributed by atoms with Crippen molar-refractivity contribution < 1.29 is 21.2 Å². The van der Waals surface area contributed by atoms with Crippen molar-refractivity contribution in [2.75, 3.05) is 19.1 Å². The Kier molecular flexibility index (Phi) is 4.70. The first kappa shape index (κ1) is 16.1. The van der Waals surface area contributed by atoms with E-state index in [9.17, 15) is 21.2 Å². The van der Waals surface area contributed by atoms with Crippen molar-refractivity contribution in [1.29, 1.82) is 0 Å². The summed E-state index contributed by atoms with van der Waals surface area (Å²) < 4.78 is 60.2. The molecule has 0 saturated carbocycles. The number of hydrogen-bond acceptors (Lipinski definition) is 5. The van der Waals surface area contributed by atoms with Crippen LogP contribution in [0.2, 0.25) is 0 Å². The Morgan fingerprint density at radius 2 is 1.68 bits per heavy atom. The predicted octanol–water partition coefficient (Wildman–Crippen LogP) is 0.524. The van der Waals surface area contributed by atoms with Crippen LogP contribution in [0.3, 0.4) is 0 Å². The molecule has 108 valence electrons. The molecular weight excluding hydrogens is 293 g/mol. The molecule has 0 spiro atoms. The summed E-state index contributed by atoms with van der Waals surface area (Å²) >= 11 is 0. The van der Waals surface area contributed by atoms with Gasteiger partial charge in [0.25, 0.3) is 0 Å². The van der Waals surface area contributed by atoms with E-state index in [1.54, 1.807) is 0 Å². The normalized spacial score (nSPS) is 12.6. The molecular formula is C11H16FNO4S2. The lowest BCUT2D eigenvalue weighted by Gasteiger charge is -2.10. The average Bonchev–Trinajstić information content (AvgIpc) is 2.22. The molecule has 0 amide bonds. The highest BCUT2D eigenvalue weighted by Crippen LogP contribution is 2.26. The summed E-state index contributed by atoms with van der Waals surface area (Å²) in [5.41, 5.74) is 5.74. The van der Waals surface area contributed by atoms with E-state index < -0.39 is 35.3 Å². The van der Waals surface area contributed by atoms with Gasteiger partial charge in [0.2, 0.25) is 0 Å². The van der Waals surface area contributed by atoms with Crippen LogP contribution in [0.1, 0.15) is 12.0 Å². The Morgan fingerprint density at radius 3 is 2.11 bits per heavy atom. The monoisotopic (exact) mass is 309 g/mol. The maximum Gasteiger partial charge on any atom is 0.179 e. The Balaban J connectivity index is 3.58. The molecule has 1 aromatic carbocycles. The minimum Gasteiger partial charge on any atom is -0.330 e. The number of benzene rings is 1. The van der Waals surface area contributed by atoms with E-state index in [-0.39, 0.29) is 0 Å². The summed E-state index contributed by atoms with van der Waals surface area (Å²) in [5.74, 6) is -1.04. The molecule has 1 rings (SSSR count). The van der Waals surface area contributed by atoms with Crippen LogP contribution in [0.5, 0.6) is 0 Å². The van der Waals surface area contributed by atoms with Crippen molar-refractivity contribution >= 4 is 19.7 Å². The Labute approximate surface area is 112 Å². The van der Waals surface area contributed by atoms with Gasteiger partial charge in [-0.1, -0.05) is 0 Å². The molecule has 0 radical (unpaired) electrons. The van der Waals surface area contributed by atoms with E-state index in [4.69, 9.17) is 5.73 Å². The fraction of sp³-hybridized carbons (Fsp3) is 0.455. The second kappa shape index (κ2) is 5.56. The van der Waals surface area contributed by atoms with Gasteiger partial charge < -0.3 is 5.73 Å². The van der Waals surface area contributed by atoms with Gasteiger partial charge >= 0.3 is 0 Å². The Bertz CT molecular complexity index is 681. The first-order valence-corrected chi connectivity index (χ1v) is 9.28. The Hall–Kier alpha value is -0.990.